The molecule has 0 aromatic heterocycles. The van der Waals surface area contributed by atoms with Gasteiger partial charge in [0.2, 0.25) is 5.91 Å². The van der Waals surface area contributed by atoms with Gasteiger partial charge in [-0.2, -0.15) is 0 Å². The first-order valence-electron chi connectivity index (χ1n) is 6.95. The Kier molecular flexibility index (Phi) is 5.84. The minimum Gasteiger partial charge on any atom is -0.333 e. The Morgan fingerprint density at radius 3 is 2.38 bits per heavy atom. The molecule has 0 fully saturated rings. The van der Waals surface area contributed by atoms with Crippen LogP contribution in [0.5, 0.6) is 0 Å². The van der Waals surface area contributed by atoms with Crippen molar-refractivity contribution in [1.82, 2.24) is 10.6 Å². The van der Waals surface area contributed by atoms with E-state index in [-0.39, 0.29) is 16.7 Å². The highest BCUT2D eigenvalue weighted by Gasteiger charge is 2.20. The summed E-state index contributed by atoms with van der Waals surface area (Å²) in [5.74, 6) is -0.289. The number of thioether (sulfide) groups is 1. The molecule has 1 aromatic rings. The standard InChI is InChI=1S/C16H24N2O2S/c1-10-7-8-11(2)13(9-10)21-12(3)14(19)17-15(20)18-16(4,5)6/h7-9,12H,1-6H3,(H2,17,18,19,20). The van der Waals surface area contributed by atoms with Crippen LogP contribution in [0.2, 0.25) is 0 Å². The van der Waals surface area contributed by atoms with Gasteiger partial charge in [-0.15, -0.1) is 11.8 Å². The molecule has 3 amide bonds. The fraction of sp³-hybridized carbons (Fsp3) is 0.500. The van der Waals surface area contributed by atoms with Gasteiger partial charge in [-0.25, -0.2) is 4.79 Å². The van der Waals surface area contributed by atoms with Gasteiger partial charge in [-0.3, -0.25) is 10.1 Å². The SMILES string of the molecule is Cc1ccc(C)c(SC(C)C(=O)NC(=O)NC(C)(C)C)c1. The zero-order valence-corrected chi connectivity index (χ0v) is 14.4. The van der Waals surface area contributed by atoms with E-state index < -0.39 is 6.03 Å². The predicted octanol–water partition coefficient (Wildman–Crippen LogP) is 3.41. The molecule has 0 bridgehead atoms. The van der Waals surface area contributed by atoms with Crippen molar-refractivity contribution in [2.45, 2.75) is 57.2 Å². The number of imide groups is 1. The number of aryl methyl sites for hydroxylation is 2. The van der Waals surface area contributed by atoms with Gasteiger partial charge in [0.1, 0.15) is 0 Å². The van der Waals surface area contributed by atoms with Crippen LogP contribution < -0.4 is 10.6 Å². The van der Waals surface area contributed by atoms with Gasteiger partial charge >= 0.3 is 6.03 Å². The van der Waals surface area contributed by atoms with E-state index in [4.69, 9.17) is 0 Å². The first-order valence-corrected chi connectivity index (χ1v) is 7.83. The molecule has 1 atom stereocenters. The lowest BCUT2D eigenvalue weighted by Gasteiger charge is -2.21. The van der Waals surface area contributed by atoms with Crippen LogP contribution in [0.3, 0.4) is 0 Å². The third-order valence-electron chi connectivity index (χ3n) is 2.74. The summed E-state index contributed by atoms with van der Waals surface area (Å²) in [7, 11) is 0. The number of urea groups is 1. The summed E-state index contributed by atoms with van der Waals surface area (Å²) >= 11 is 1.46. The zero-order chi connectivity index (χ0) is 16.2. The van der Waals surface area contributed by atoms with Crippen molar-refractivity contribution >= 4 is 23.7 Å². The van der Waals surface area contributed by atoms with Gasteiger partial charge in [0, 0.05) is 10.4 Å². The number of hydrogen-bond acceptors (Lipinski definition) is 3. The van der Waals surface area contributed by atoms with Crippen LogP contribution in [0.1, 0.15) is 38.8 Å². The minimum atomic E-state index is -0.457. The Balaban J connectivity index is 2.63. The summed E-state index contributed by atoms with van der Waals surface area (Å²) in [4.78, 5) is 24.8. The highest BCUT2D eigenvalue weighted by atomic mass is 32.2. The molecule has 4 nitrogen and oxygen atoms in total. The molecule has 0 aliphatic rings. The average Bonchev–Trinajstić information content (AvgIpc) is 2.31. The first kappa shape index (κ1) is 17.6. The second-order valence-corrected chi connectivity index (χ2v) is 7.61. The number of benzene rings is 1. The van der Waals surface area contributed by atoms with Crippen LogP contribution in [0.25, 0.3) is 0 Å². The fourth-order valence-corrected chi connectivity index (χ4v) is 2.72. The van der Waals surface area contributed by atoms with Crippen LogP contribution >= 0.6 is 11.8 Å². The Morgan fingerprint density at radius 2 is 1.81 bits per heavy atom. The van der Waals surface area contributed by atoms with Gasteiger partial charge < -0.3 is 5.32 Å². The number of hydrogen-bond donors (Lipinski definition) is 2. The highest BCUT2D eigenvalue weighted by molar-refractivity contribution is 8.00. The number of amides is 3. The van der Waals surface area contributed by atoms with E-state index in [0.717, 1.165) is 16.0 Å². The summed E-state index contributed by atoms with van der Waals surface area (Å²) < 4.78 is 0. The number of nitrogens with one attached hydrogen (secondary N) is 2. The number of carbonyl (C=O) groups is 2. The van der Waals surface area contributed by atoms with Crippen molar-refractivity contribution in [2.24, 2.45) is 0 Å². The van der Waals surface area contributed by atoms with Crippen LogP contribution in [0.15, 0.2) is 23.1 Å². The van der Waals surface area contributed by atoms with Gasteiger partial charge in [-0.05, 0) is 53.2 Å². The molecule has 2 N–H and O–H groups in total. The Hall–Kier alpha value is -1.49. The molecule has 0 heterocycles. The molecule has 0 spiro atoms. The molecule has 5 heteroatoms. The molecule has 1 aromatic carbocycles. The first-order chi connectivity index (χ1) is 9.58. The zero-order valence-electron chi connectivity index (χ0n) is 13.5. The van der Waals surface area contributed by atoms with Gasteiger partial charge in [0.05, 0.1) is 5.25 Å². The van der Waals surface area contributed by atoms with E-state index in [0.29, 0.717) is 0 Å². The van der Waals surface area contributed by atoms with Crippen molar-refractivity contribution in [3.05, 3.63) is 29.3 Å². The second-order valence-electron chi connectivity index (χ2n) is 6.22. The van der Waals surface area contributed by atoms with Crippen molar-refractivity contribution in [2.75, 3.05) is 0 Å². The Bertz CT molecular complexity index is 536. The second kappa shape index (κ2) is 6.98. The maximum absolute atomic E-state index is 12.0. The lowest BCUT2D eigenvalue weighted by molar-refractivity contribution is -0.119. The third-order valence-corrected chi connectivity index (χ3v) is 4.00. The van der Waals surface area contributed by atoms with Crippen LogP contribution in [-0.4, -0.2) is 22.7 Å². The van der Waals surface area contributed by atoms with Crippen molar-refractivity contribution in [3.8, 4) is 0 Å². The van der Waals surface area contributed by atoms with Crippen molar-refractivity contribution in [1.29, 1.82) is 0 Å². The molecule has 1 unspecified atom stereocenters. The monoisotopic (exact) mass is 308 g/mol. The molecule has 0 saturated heterocycles. The summed E-state index contributed by atoms with van der Waals surface area (Å²) in [6, 6.07) is 5.68. The molecule has 21 heavy (non-hydrogen) atoms. The molecule has 0 aliphatic carbocycles. The van der Waals surface area contributed by atoms with E-state index in [9.17, 15) is 9.59 Å². The number of rotatable bonds is 3. The summed E-state index contributed by atoms with van der Waals surface area (Å²) in [5, 5.41) is 4.75. The van der Waals surface area contributed by atoms with Gasteiger partial charge in [0.15, 0.2) is 0 Å². The third kappa shape index (κ3) is 6.21. The Morgan fingerprint density at radius 1 is 1.19 bits per heavy atom. The van der Waals surface area contributed by atoms with E-state index in [1.54, 1.807) is 6.92 Å². The molecular weight excluding hydrogens is 284 g/mol. The summed E-state index contributed by atoms with van der Waals surface area (Å²) in [6.07, 6.45) is 0. The van der Waals surface area contributed by atoms with Crippen LogP contribution in [0, 0.1) is 13.8 Å². The topological polar surface area (TPSA) is 58.2 Å². The van der Waals surface area contributed by atoms with Crippen LogP contribution in [0.4, 0.5) is 4.79 Å². The fourth-order valence-electron chi connectivity index (χ4n) is 1.66. The van der Waals surface area contributed by atoms with Gasteiger partial charge in [-0.1, -0.05) is 17.7 Å². The lowest BCUT2D eigenvalue weighted by Crippen LogP contribution is -2.49. The normalized spacial score (nSPS) is 12.7. The summed E-state index contributed by atoms with van der Waals surface area (Å²) in [6.45, 7) is 11.4. The molecule has 0 saturated carbocycles. The van der Waals surface area contributed by atoms with E-state index >= 15 is 0 Å². The van der Waals surface area contributed by atoms with Crippen molar-refractivity contribution in [3.63, 3.8) is 0 Å². The van der Waals surface area contributed by atoms with E-state index in [1.807, 2.05) is 46.8 Å². The Labute approximate surface area is 131 Å². The average molecular weight is 308 g/mol. The largest absolute Gasteiger partial charge is 0.333 e. The molecule has 116 valence electrons. The molecule has 0 radical (unpaired) electrons. The summed E-state index contributed by atoms with van der Waals surface area (Å²) in [5.41, 5.74) is 1.92. The maximum Gasteiger partial charge on any atom is 0.321 e. The van der Waals surface area contributed by atoms with Crippen molar-refractivity contribution < 1.29 is 9.59 Å². The lowest BCUT2D eigenvalue weighted by atomic mass is 10.1. The van der Waals surface area contributed by atoms with E-state index in [2.05, 4.69) is 16.7 Å². The predicted molar refractivity (Wildman–Crippen MR) is 87.7 cm³/mol. The molecular formula is C16H24N2O2S. The smallest absolute Gasteiger partial charge is 0.321 e. The number of carbonyl (C=O) groups excluding carboxylic acids is 2. The van der Waals surface area contributed by atoms with E-state index in [1.165, 1.54) is 11.8 Å². The van der Waals surface area contributed by atoms with Crippen LogP contribution in [-0.2, 0) is 4.79 Å². The molecule has 0 aliphatic heterocycles. The minimum absolute atomic E-state index is 0.289. The van der Waals surface area contributed by atoms with Gasteiger partial charge in [0.25, 0.3) is 0 Å². The quantitative estimate of drug-likeness (QED) is 0.841. The highest BCUT2D eigenvalue weighted by Crippen LogP contribution is 2.27. The maximum atomic E-state index is 12.0. The molecule has 1 rings (SSSR count).